The van der Waals surface area contributed by atoms with Gasteiger partial charge in [0, 0.05) is 17.6 Å². The van der Waals surface area contributed by atoms with Crippen LogP contribution >= 0.6 is 0 Å². The lowest BCUT2D eigenvalue weighted by Crippen LogP contribution is -2.17. The minimum atomic E-state index is 0.0147. The van der Waals surface area contributed by atoms with E-state index in [1.807, 2.05) is 38.1 Å². The van der Waals surface area contributed by atoms with Gasteiger partial charge in [0.05, 0.1) is 33.0 Å². The molecule has 0 amide bonds. The third-order valence-electron chi connectivity index (χ3n) is 4.01. The van der Waals surface area contributed by atoms with Gasteiger partial charge in [0.1, 0.15) is 19.0 Å². The van der Waals surface area contributed by atoms with Gasteiger partial charge in [-0.25, -0.2) is 0 Å². The van der Waals surface area contributed by atoms with Crippen LogP contribution < -0.4 is 10.1 Å². The lowest BCUT2D eigenvalue weighted by Gasteiger charge is -2.13. The number of carbonyl (C=O) groups is 1. The average Bonchev–Trinajstić information content (AvgIpc) is 2.66. The molecule has 0 aromatic heterocycles. The smallest absolute Gasteiger partial charge is 0.160 e. The number of ether oxygens (including phenoxy) is 4. The topological polar surface area (TPSA) is 66.0 Å². The van der Waals surface area contributed by atoms with Gasteiger partial charge in [0.25, 0.3) is 0 Å². The monoisotopic (exact) mass is 381 g/mol. The van der Waals surface area contributed by atoms with Crippen molar-refractivity contribution < 1.29 is 23.7 Å². The summed E-state index contributed by atoms with van der Waals surface area (Å²) in [7, 11) is 0. The summed E-state index contributed by atoms with van der Waals surface area (Å²) in [6, 6.07) is 8.41. The van der Waals surface area contributed by atoms with Crippen LogP contribution in [0.1, 0.15) is 34.1 Å². The number of anilines is 1. The highest BCUT2D eigenvalue weighted by atomic mass is 16.6. The average molecular weight is 382 g/mol. The highest BCUT2D eigenvalue weighted by molar-refractivity contribution is 5.81. The highest BCUT2D eigenvalue weighted by Crippen LogP contribution is 2.16. The molecule has 154 valence electrons. The van der Waals surface area contributed by atoms with Gasteiger partial charge in [0.15, 0.2) is 5.78 Å². The lowest BCUT2D eigenvalue weighted by atomic mass is 10.1. The van der Waals surface area contributed by atoms with Crippen molar-refractivity contribution in [3.63, 3.8) is 0 Å². The molecular weight excluding hydrogens is 346 g/mol. The molecule has 0 aliphatic carbocycles. The second-order valence-corrected chi connectivity index (χ2v) is 6.72. The molecule has 6 heteroatoms. The first kappa shape index (κ1) is 23.4. The maximum absolute atomic E-state index is 11.4. The number of hydrogen-bond donors (Lipinski definition) is 1. The molecule has 1 rings (SSSR count). The molecule has 0 aliphatic rings. The number of benzene rings is 1. The number of carbonyl (C=O) groups excluding carboxylic acids is 1. The molecule has 0 bridgehead atoms. The van der Waals surface area contributed by atoms with Crippen LogP contribution in [0.15, 0.2) is 24.3 Å². The zero-order chi connectivity index (χ0) is 19.9. The van der Waals surface area contributed by atoms with Crippen molar-refractivity contribution in [2.45, 2.75) is 40.2 Å². The quantitative estimate of drug-likeness (QED) is 0.442. The molecule has 0 saturated heterocycles. The molecule has 27 heavy (non-hydrogen) atoms. The number of Topliss-reactive ketones (excluding diaryl/α,β-unsaturated/α-hetero) is 1. The summed E-state index contributed by atoms with van der Waals surface area (Å²) in [6.07, 6.45) is 1.09. The SMILES string of the molecule is CCC(C)Nc1ccc(OCCOCCOCCOCC(=O)C(C)C)cc1. The molecule has 0 radical (unpaired) electrons. The molecule has 6 nitrogen and oxygen atoms in total. The van der Waals surface area contributed by atoms with Crippen LogP contribution in [0.4, 0.5) is 5.69 Å². The molecule has 0 spiro atoms. The predicted molar refractivity (Wildman–Crippen MR) is 108 cm³/mol. The molecule has 0 fully saturated rings. The van der Waals surface area contributed by atoms with Gasteiger partial charge >= 0.3 is 0 Å². The summed E-state index contributed by atoms with van der Waals surface area (Å²) in [5.74, 6) is 0.957. The Bertz CT molecular complexity index is 504. The molecule has 0 heterocycles. The first-order valence-corrected chi connectivity index (χ1v) is 9.78. The minimum absolute atomic E-state index is 0.0147. The highest BCUT2D eigenvalue weighted by Gasteiger charge is 2.06. The van der Waals surface area contributed by atoms with E-state index in [0.29, 0.717) is 45.7 Å². The molecular formula is C21H35NO5. The Morgan fingerprint density at radius 3 is 2.00 bits per heavy atom. The number of rotatable bonds is 16. The molecule has 1 aromatic rings. The van der Waals surface area contributed by atoms with Crippen LogP contribution in [-0.4, -0.2) is 58.1 Å². The normalized spacial score (nSPS) is 12.2. The zero-order valence-electron chi connectivity index (χ0n) is 17.2. The molecule has 0 saturated carbocycles. The van der Waals surface area contributed by atoms with E-state index < -0.39 is 0 Å². The summed E-state index contributed by atoms with van der Waals surface area (Å²) in [5, 5.41) is 3.42. The van der Waals surface area contributed by atoms with Crippen molar-refractivity contribution in [1.29, 1.82) is 0 Å². The standard InChI is InChI=1S/C21H35NO5/c1-5-18(4)22-19-6-8-20(9-7-19)27-15-14-25-11-10-24-12-13-26-16-21(23)17(2)3/h6-9,17-18,22H,5,10-16H2,1-4H3. The summed E-state index contributed by atoms with van der Waals surface area (Å²) in [5.41, 5.74) is 1.10. The number of nitrogens with one attached hydrogen (secondary N) is 1. The van der Waals surface area contributed by atoms with Crippen molar-refractivity contribution in [3.8, 4) is 5.75 Å². The van der Waals surface area contributed by atoms with E-state index in [1.165, 1.54) is 0 Å². The van der Waals surface area contributed by atoms with E-state index in [0.717, 1.165) is 17.9 Å². The van der Waals surface area contributed by atoms with Gasteiger partial charge in [-0.15, -0.1) is 0 Å². The van der Waals surface area contributed by atoms with E-state index in [4.69, 9.17) is 18.9 Å². The van der Waals surface area contributed by atoms with E-state index in [9.17, 15) is 4.79 Å². The maximum atomic E-state index is 11.4. The third kappa shape index (κ3) is 11.6. The van der Waals surface area contributed by atoms with E-state index in [2.05, 4.69) is 19.2 Å². The Morgan fingerprint density at radius 2 is 1.44 bits per heavy atom. The van der Waals surface area contributed by atoms with Crippen LogP contribution in [0.2, 0.25) is 0 Å². The van der Waals surface area contributed by atoms with Gasteiger partial charge in [0.2, 0.25) is 0 Å². The van der Waals surface area contributed by atoms with Gasteiger partial charge < -0.3 is 24.3 Å². The number of ketones is 1. The largest absolute Gasteiger partial charge is 0.491 e. The minimum Gasteiger partial charge on any atom is -0.491 e. The second-order valence-electron chi connectivity index (χ2n) is 6.72. The zero-order valence-corrected chi connectivity index (χ0v) is 17.2. The van der Waals surface area contributed by atoms with Crippen LogP contribution in [0.3, 0.4) is 0 Å². The van der Waals surface area contributed by atoms with Gasteiger partial charge in [-0.3, -0.25) is 4.79 Å². The first-order valence-electron chi connectivity index (χ1n) is 9.78. The lowest BCUT2D eigenvalue weighted by molar-refractivity contribution is -0.127. The van der Waals surface area contributed by atoms with Crippen molar-refractivity contribution in [1.82, 2.24) is 0 Å². The molecule has 1 aromatic carbocycles. The number of hydrogen-bond acceptors (Lipinski definition) is 6. The van der Waals surface area contributed by atoms with Gasteiger partial charge in [-0.2, -0.15) is 0 Å². The Morgan fingerprint density at radius 1 is 0.889 bits per heavy atom. The molecule has 1 unspecified atom stereocenters. The van der Waals surface area contributed by atoms with E-state index >= 15 is 0 Å². The Labute approximate surface area is 163 Å². The fourth-order valence-corrected chi connectivity index (χ4v) is 2.03. The van der Waals surface area contributed by atoms with Gasteiger partial charge in [-0.05, 0) is 37.6 Å². The summed E-state index contributed by atoms with van der Waals surface area (Å²) >= 11 is 0. The van der Waals surface area contributed by atoms with E-state index in [1.54, 1.807) is 0 Å². The van der Waals surface area contributed by atoms with Gasteiger partial charge in [-0.1, -0.05) is 20.8 Å². The fourth-order valence-electron chi connectivity index (χ4n) is 2.03. The Hall–Kier alpha value is -1.63. The first-order chi connectivity index (χ1) is 13.0. The van der Waals surface area contributed by atoms with Crippen molar-refractivity contribution in [2.75, 3.05) is 51.6 Å². The molecule has 1 N–H and O–H groups in total. The van der Waals surface area contributed by atoms with Crippen LogP contribution in [-0.2, 0) is 19.0 Å². The molecule has 0 aliphatic heterocycles. The summed E-state index contributed by atoms with van der Waals surface area (Å²) in [4.78, 5) is 11.4. The summed E-state index contributed by atoms with van der Waals surface area (Å²) in [6.45, 7) is 11.1. The fraction of sp³-hybridized carbons (Fsp3) is 0.667. The summed E-state index contributed by atoms with van der Waals surface area (Å²) < 4.78 is 21.7. The van der Waals surface area contributed by atoms with Crippen LogP contribution in [0.25, 0.3) is 0 Å². The van der Waals surface area contributed by atoms with Crippen LogP contribution in [0.5, 0.6) is 5.75 Å². The predicted octanol–water partition coefficient (Wildman–Crippen LogP) is 3.55. The van der Waals surface area contributed by atoms with Crippen molar-refractivity contribution in [3.05, 3.63) is 24.3 Å². The van der Waals surface area contributed by atoms with Crippen molar-refractivity contribution in [2.24, 2.45) is 5.92 Å². The maximum Gasteiger partial charge on any atom is 0.160 e. The van der Waals surface area contributed by atoms with E-state index in [-0.39, 0.29) is 18.3 Å². The van der Waals surface area contributed by atoms with Crippen molar-refractivity contribution >= 4 is 11.5 Å². The molecule has 1 atom stereocenters. The van der Waals surface area contributed by atoms with Crippen LogP contribution in [0, 0.1) is 5.92 Å². The Balaban J connectivity index is 1.95. The Kier molecular flexibility index (Phi) is 12.5. The third-order valence-corrected chi connectivity index (χ3v) is 4.01. The second kappa shape index (κ2) is 14.4.